The van der Waals surface area contributed by atoms with Crippen LogP contribution in [0.25, 0.3) is 5.69 Å². The maximum absolute atomic E-state index is 13.5. The predicted molar refractivity (Wildman–Crippen MR) is 126 cm³/mol. The molecule has 0 fully saturated rings. The molecule has 0 bridgehead atoms. The van der Waals surface area contributed by atoms with Crippen molar-refractivity contribution >= 4 is 11.7 Å². The van der Waals surface area contributed by atoms with Gasteiger partial charge in [0.25, 0.3) is 5.91 Å². The van der Waals surface area contributed by atoms with Crippen molar-refractivity contribution in [3.8, 4) is 5.69 Å². The number of hydrogen-bond donors (Lipinski definition) is 1. The zero-order chi connectivity index (χ0) is 22.9. The molecule has 6 nitrogen and oxygen atoms in total. The largest absolute Gasteiger partial charge is 0.341 e. The Hall–Kier alpha value is -4.06. The van der Waals surface area contributed by atoms with Gasteiger partial charge >= 0.3 is 0 Å². The molecule has 4 aromatic rings. The summed E-state index contributed by atoms with van der Waals surface area (Å²) in [5, 5.41) is 7.82. The second-order valence-corrected chi connectivity index (χ2v) is 8.42. The van der Waals surface area contributed by atoms with Gasteiger partial charge in [-0.25, -0.2) is 4.68 Å². The molecule has 1 amide bonds. The van der Waals surface area contributed by atoms with Gasteiger partial charge in [0.2, 0.25) is 0 Å². The molecule has 0 unspecified atom stereocenters. The van der Waals surface area contributed by atoms with E-state index in [9.17, 15) is 9.59 Å². The molecule has 6 heteroatoms. The van der Waals surface area contributed by atoms with Crippen LogP contribution in [-0.4, -0.2) is 32.5 Å². The molecule has 2 aromatic heterocycles. The molecule has 0 saturated carbocycles. The zero-order valence-electron chi connectivity index (χ0n) is 18.5. The van der Waals surface area contributed by atoms with Crippen molar-refractivity contribution in [2.24, 2.45) is 0 Å². The van der Waals surface area contributed by atoms with E-state index in [0.717, 1.165) is 33.8 Å². The summed E-state index contributed by atoms with van der Waals surface area (Å²) < 4.78 is 1.86. The molecule has 1 N–H and O–H groups in total. The van der Waals surface area contributed by atoms with E-state index in [1.807, 2.05) is 79.2 Å². The lowest BCUT2D eigenvalue weighted by Crippen LogP contribution is -2.48. The van der Waals surface area contributed by atoms with Gasteiger partial charge in [0, 0.05) is 29.4 Å². The minimum absolute atomic E-state index is 0.0394. The van der Waals surface area contributed by atoms with Crippen LogP contribution >= 0.6 is 0 Å². The fraction of sp³-hybridized carbons (Fsp3) is 0.185. The first-order valence-corrected chi connectivity index (χ1v) is 11.0. The molecule has 1 aliphatic carbocycles. The zero-order valence-corrected chi connectivity index (χ0v) is 18.5. The van der Waals surface area contributed by atoms with E-state index in [1.54, 1.807) is 18.5 Å². The van der Waals surface area contributed by atoms with Gasteiger partial charge in [-0.05, 0) is 55.8 Å². The number of carbonyl (C=O) groups is 2. The summed E-state index contributed by atoms with van der Waals surface area (Å²) in [7, 11) is 0. The highest BCUT2D eigenvalue weighted by Gasteiger charge is 2.41. The smallest absolute Gasteiger partial charge is 0.251 e. The summed E-state index contributed by atoms with van der Waals surface area (Å²) in [6.45, 7) is 3.90. The number of rotatable bonds is 4. The summed E-state index contributed by atoms with van der Waals surface area (Å²) in [5.74, 6) is -0.648. The number of hydrogen-bond acceptors (Lipinski definition) is 4. The Morgan fingerprint density at radius 2 is 1.76 bits per heavy atom. The van der Waals surface area contributed by atoms with Crippen molar-refractivity contribution in [2.75, 3.05) is 0 Å². The molecular weight excluding hydrogens is 412 g/mol. The summed E-state index contributed by atoms with van der Waals surface area (Å²) in [6, 6.07) is 20.3. The van der Waals surface area contributed by atoms with Gasteiger partial charge < -0.3 is 5.32 Å². The summed E-state index contributed by atoms with van der Waals surface area (Å²) in [5.41, 5.74) is 6.06. The maximum Gasteiger partial charge on any atom is 0.251 e. The van der Waals surface area contributed by atoms with Crippen molar-refractivity contribution in [3.05, 3.63) is 113 Å². The predicted octanol–water partition coefficient (Wildman–Crippen LogP) is 3.94. The second kappa shape index (κ2) is 8.47. The van der Waals surface area contributed by atoms with E-state index in [4.69, 9.17) is 5.10 Å². The van der Waals surface area contributed by atoms with E-state index < -0.39 is 6.04 Å². The minimum Gasteiger partial charge on any atom is -0.341 e. The average molecular weight is 437 g/mol. The number of aromatic nitrogens is 3. The number of amides is 1. The van der Waals surface area contributed by atoms with Gasteiger partial charge in [0.05, 0.1) is 29.5 Å². The second-order valence-electron chi connectivity index (χ2n) is 8.42. The Bertz CT molecular complexity index is 1330. The first-order chi connectivity index (χ1) is 16.0. The maximum atomic E-state index is 13.5. The number of aryl methyl sites for hydroxylation is 2. The van der Waals surface area contributed by atoms with E-state index >= 15 is 0 Å². The molecule has 0 radical (unpaired) electrons. The standard InChI is InChI=1S/C27H24N4O2/c1-17-7-6-8-20(15-17)27(33)29-26-23(32)16-22-24(25(26)19-11-13-28-14-12-19)18(2)30-31(22)21-9-4-3-5-10-21/h3-15,25-26H,16H2,1-2H3,(H,29,33)/t25-,26-/m0/s1. The quantitative estimate of drug-likeness (QED) is 0.526. The van der Waals surface area contributed by atoms with Crippen molar-refractivity contribution < 1.29 is 9.59 Å². The Morgan fingerprint density at radius 1 is 1.00 bits per heavy atom. The summed E-state index contributed by atoms with van der Waals surface area (Å²) in [4.78, 5) is 30.8. The van der Waals surface area contributed by atoms with Crippen molar-refractivity contribution in [2.45, 2.75) is 32.2 Å². The third kappa shape index (κ3) is 3.84. The number of para-hydroxylation sites is 1. The van der Waals surface area contributed by atoms with Gasteiger partial charge in [-0.1, -0.05) is 35.9 Å². The number of Topliss-reactive ketones (excluding diaryl/α,β-unsaturated/α-hetero) is 1. The SMILES string of the molecule is Cc1cccc(C(=O)N[C@H]2C(=O)Cc3c(c(C)nn3-c3ccccc3)[C@@H]2c2ccncc2)c1. The van der Waals surface area contributed by atoms with Crippen LogP contribution in [0.4, 0.5) is 0 Å². The first-order valence-electron chi connectivity index (χ1n) is 11.0. The Kier molecular flexibility index (Phi) is 5.34. The minimum atomic E-state index is -0.694. The number of nitrogens with zero attached hydrogens (tertiary/aromatic N) is 3. The van der Waals surface area contributed by atoms with E-state index in [0.29, 0.717) is 5.56 Å². The molecule has 2 aromatic carbocycles. The van der Waals surface area contributed by atoms with Crippen LogP contribution in [0.1, 0.15) is 44.4 Å². The molecule has 164 valence electrons. The Morgan fingerprint density at radius 3 is 2.48 bits per heavy atom. The van der Waals surface area contributed by atoms with Crippen LogP contribution in [0.3, 0.4) is 0 Å². The molecule has 5 rings (SSSR count). The topological polar surface area (TPSA) is 76.9 Å². The van der Waals surface area contributed by atoms with Gasteiger partial charge in [-0.2, -0.15) is 5.10 Å². The number of fused-ring (bicyclic) bond motifs is 1. The molecule has 1 aliphatic rings. The third-order valence-corrected chi connectivity index (χ3v) is 6.17. The molecular formula is C27H24N4O2. The number of pyridine rings is 1. The number of carbonyl (C=O) groups excluding carboxylic acids is 2. The number of nitrogens with one attached hydrogen (secondary N) is 1. The van der Waals surface area contributed by atoms with Crippen molar-refractivity contribution in [3.63, 3.8) is 0 Å². The highest BCUT2D eigenvalue weighted by atomic mass is 16.2. The lowest BCUT2D eigenvalue weighted by atomic mass is 9.76. The van der Waals surface area contributed by atoms with E-state index in [-0.39, 0.29) is 24.0 Å². The van der Waals surface area contributed by atoms with Crippen LogP contribution in [-0.2, 0) is 11.2 Å². The molecule has 2 heterocycles. The lowest BCUT2D eigenvalue weighted by Gasteiger charge is -2.32. The highest BCUT2D eigenvalue weighted by molar-refractivity contribution is 6.00. The van der Waals surface area contributed by atoms with Crippen LogP contribution < -0.4 is 5.32 Å². The Balaban J connectivity index is 1.61. The van der Waals surface area contributed by atoms with E-state index in [2.05, 4.69) is 10.3 Å². The molecule has 0 saturated heterocycles. The van der Waals surface area contributed by atoms with Crippen LogP contribution in [0.2, 0.25) is 0 Å². The molecule has 2 atom stereocenters. The lowest BCUT2D eigenvalue weighted by molar-refractivity contribution is -0.121. The van der Waals surface area contributed by atoms with Crippen LogP contribution in [0, 0.1) is 13.8 Å². The average Bonchev–Trinajstić information content (AvgIpc) is 3.16. The first kappa shape index (κ1) is 20.8. The summed E-state index contributed by atoms with van der Waals surface area (Å²) in [6.07, 6.45) is 3.63. The normalized spacial score (nSPS) is 17.5. The molecule has 0 spiro atoms. The fourth-order valence-electron chi connectivity index (χ4n) is 4.68. The monoisotopic (exact) mass is 436 g/mol. The number of benzene rings is 2. The number of ketones is 1. The highest BCUT2D eigenvalue weighted by Crippen LogP contribution is 2.38. The van der Waals surface area contributed by atoms with Crippen LogP contribution in [0.5, 0.6) is 0 Å². The van der Waals surface area contributed by atoms with Gasteiger partial charge in [0.15, 0.2) is 5.78 Å². The van der Waals surface area contributed by atoms with Gasteiger partial charge in [-0.15, -0.1) is 0 Å². The summed E-state index contributed by atoms with van der Waals surface area (Å²) >= 11 is 0. The molecule has 33 heavy (non-hydrogen) atoms. The van der Waals surface area contributed by atoms with Gasteiger partial charge in [0.1, 0.15) is 0 Å². The molecule has 0 aliphatic heterocycles. The van der Waals surface area contributed by atoms with E-state index in [1.165, 1.54) is 0 Å². The Labute approximate surface area is 192 Å². The fourth-order valence-corrected chi connectivity index (χ4v) is 4.68. The van der Waals surface area contributed by atoms with Gasteiger partial charge in [-0.3, -0.25) is 14.6 Å². The van der Waals surface area contributed by atoms with Crippen LogP contribution in [0.15, 0.2) is 79.1 Å². The van der Waals surface area contributed by atoms with Crippen molar-refractivity contribution in [1.82, 2.24) is 20.1 Å². The third-order valence-electron chi connectivity index (χ3n) is 6.17. The van der Waals surface area contributed by atoms with Crippen molar-refractivity contribution in [1.29, 1.82) is 0 Å².